The van der Waals surface area contributed by atoms with Crippen LogP contribution >= 0.6 is 0 Å². The first-order valence-corrected chi connectivity index (χ1v) is 7.30. The highest BCUT2D eigenvalue weighted by atomic mass is 19.1. The number of halogens is 1. The average molecular weight is 281 g/mol. The van der Waals surface area contributed by atoms with Crippen LogP contribution < -0.4 is 5.32 Å². The van der Waals surface area contributed by atoms with Crippen molar-refractivity contribution in [1.29, 1.82) is 0 Å². The molecule has 0 bridgehead atoms. The standard InChI is InChI=1S/C18H16FNO/c19-15-4-7-17-14(9-15)10-18(21-17)13-3-1-2-12(8-13)11-20-16-5-6-16/h1-4,7-10,16,20H,5-6,11H2. The van der Waals surface area contributed by atoms with E-state index in [1.54, 1.807) is 6.07 Å². The molecule has 1 fully saturated rings. The first-order chi connectivity index (χ1) is 10.3. The Labute approximate surface area is 122 Å². The minimum Gasteiger partial charge on any atom is -0.456 e. The van der Waals surface area contributed by atoms with E-state index in [9.17, 15) is 4.39 Å². The van der Waals surface area contributed by atoms with Crippen LogP contribution in [0.15, 0.2) is 52.9 Å². The van der Waals surface area contributed by atoms with E-state index in [0.717, 1.165) is 23.3 Å². The molecule has 1 N–H and O–H groups in total. The predicted molar refractivity (Wildman–Crippen MR) is 81.5 cm³/mol. The Kier molecular flexibility index (Phi) is 3.00. The van der Waals surface area contributed by atoms with Gasteiger partial charge in [0.25, 0.3) is 0 Å². The molecule has 1 aliphatic carbocycles. The van der Waals surface area contributed by atoms with Gasteiger partial charge in [-0.05, 0) is 48.7 Å². The van der Waals surface area contributed by atoms with E-state index in [-0.39, 0.29) is 5.82 Å². The molecule has 106 valence electrons. The van der Waals surface area contributed by atoms with Gasteiger partial charge >= 0.3 is 0 Å². The highest BCUT2D eigenvalue weighted by Crippen LogP contribution is 2.29. The van der Waals surface area contributed by atoms with Gasteiger partial charge in [-0.2, -0.15) is 0 Å². The van der Waals surface area contributed by atoms with Crippen LogP contribution in [0.5, 0.6) is 0 Å². The normalized spacial score (nSPS) is 14.7. The molecule has 1 heterocycles. The predicted octanol–water partition coefficient (Wildman–Crippen LogP) is 4.49. The molecule has 0 aliphatic heterocycles. The Morgan fingerprint density at radius 1 is 1.10 bits per heavy atom. The van der Waals surface area contributed by atoms with Crippen molar-refractivity contribution in [3.63, 3.8) is 0 Å². The summed E-state index contributed by atoms with van der Waals surface area (Å²) in [5, 5.41) is 4.30. The summed E-state index contributed by atoms with van der Waals surface area (Å²) in [6.07, 6.45) is 2.57. The number of hydrogen-bond acceptors (Lipinski definition) is 2. The van der Waals surface area contributed by atoms with E-state index < -0.39 is 0 Å². The lowest BCUT2D eigenvalue weighted by molar-refractivity contribution is 0.619. The quantitative estimate of drug-likeness (QED) is 0.762. The Morgan fingerprint density at radius 2 is 2.00 bits per heavy atom. The summed E-state index contributed by atoms with van der Waals surface area (Å²) in [4.78, 5) is 0. The number of fused-ring (bicyclic) bond motifs is 1. The molecule has 1 saturated carbocycles. The Balaban J connectivity index is 1.65. The molecule has 0 radical (unpaired) electrons. The average Bonchev–Trinajstić information content (AvgIpc) is 3.23. The summed E-state index contributed by atoms with van der Waals surface area (Å²) in [5.74, 6) is 0.543. The maximum absolute atomic E-state index is 13.2. The third kappa shape index (κ3) is 2.69. The van der Waals surface area contributed by atoms with Crippen LogP contribution in [0.3, 0.4) is 0 Å². The van der Waals surface area contributed by atoms with Crippen LogP contribution in [-0.2, 0) is 6.54 Å². The van der Waals surface area contributed by atoms with Crippen molar-refractivity contribution in [1.82, 2.24) is 5.32 Å². The molecule has 3 aromatic rings. The van der Waals surface area contributed by atoms with Crippen molar-refractivity contribution in [2.45, 2.75) is 25.4 Å². The van der Waals surface area contributed by atoms with Crippen LogP contribution in [0.2, 0.25) is 0 Å². The fourth-order valence-electron chi connectivity index (χ4n) is 2.54. The molecule has 2 nitrogen and oxygen atoms in total. The molecule has 0 amide bonds. The van der Waals surface area contributed by atoms with Crippen molar-refractivity contribution in [3.8, 4) is 11.3 Å². The Hall–Kier alpha value is -2.13. The molecule has 21 heavy (non-hydrogen) atoms. The smallest absolute Gasteiger partial charge is 0.135 e. The lowest BCUT2D eigenvalue weighted by atomic mass is 10.1. The first-order valence-electron chi connectivity index (χ1n) is 7.30. The number of benzene rings is 2. The van der Waals surface area contributed by atoms with Gasteiger partial charge in [-0.3, -0.25) is 0 Å². The molecular formula is C18H16FNO. The van der Waals surface area contributed by atoms with Crippen LogP contribution in [0.4, 0.5) is 4.39 Å². The topological polar surface area (TPSA) is 25.2 Å². The molecule has 2 aromatic carbocycles. The lowest BCUT2D eigenvalue weighted by Crippen LogP contribution is -2.15. The zero-order valence-electron chi connectivity index (χ0n) is 11.6. The van der Waals surface area contributed by atoms with Crippen LogP contribution in [-0.4, -0.2) is 6.04 Å². The zero-order valence-corrected chi connectivity index (χ0v) is 11.6. The number of furan rings is 1. The summed E-state index contributed by atoms with van der Waals surface area (Å²) in [6, 6.07) is 15.5. The zero-order chi connectivity index (χ0) is 14.2. The number of nitrogens with one attached hydrogen (secondary N) is 1. The van der Waals surface area contributed by atoms with Crippen molar-refractivity contribution in [3.05, 3.63) is 59.9 Å². The second-order valence-electron chi connectivity index (χ2n) is 5.65. The number of rotatable bonds is 4. The van der Waals surface area contributed by atoms with Gasteiger partial charge in [-0.15, -0.1) is 0 Å². The molecule has 0 spiro atoms. The van der Waals surface area contributed by atoms with Gasteiger partial charge in [0.1, 0.15) is 17.2 Å². The van der Waals surface area contributed by atoms with E-state index in [1.165, 1.54) is 30.5 Å². The maximum Gasteiger partial charge on any atom is 0.135 e. The molecule has 0 unspecified atom stereocenters. The van der Waals surface area contributed by atoms with E-state index in [0.29, 0.717) is 11.6 Å². The third-order valence-corrected chi connectivity index (χ3v) is 3.86. The van der Waals surface area contributed by atoms with E-state index in [2.05, 4.69) is 17.4 Å². The van der Waals surface area contributed by atoms with Gasteiger partial charge < -0.3 is 9.73 Å². The van der Waals surface area contributed by atoms with Gasteiger partial charge in [0.15, 0.2) is 0 Å². The molecule has 1 aliphatic rings. The van der Waals surface area contributed by atoms with Crippen molar-refractivity contribution in [2.24, 2.45) is 0 Å². The summed E-state index contributed by atoms with van der Waals surface area (Å²) in [5.41, 5.74) is 2.99. The summed E-state index contributed by atoms with van der Waals surface area (Å²) in [6.45, 7) is 0.882. The lowest BCUT2D eigenvalue weighted by Gasteiger charge is -2.04. The summed E-state index contributed by atoms with van der Waals surface area (Å²) >= 11 is 0. The second kappa shape index (κ2) is 5.01. The Bertz CT molecular complexity index is 789. The fraction of sp³-hybridized carbons (Fsp3) is 0.222. The highest BCUT2D eigenvalue weighted by Gasteiger charge is 2.20. The molecule has 0 atom stereocenters. The highest BCUT2D eigenvalue weighted by molar-refractivity contribution is 5.82. The van der Waals surface area contributed by atoms with E-state index in [4.69, 9.17) is 4.42 Å². The summed E-state index contributed by atoms with van der Waals surface area (Å²) < 4.78 is 19.1. The van der Waals surface area contributed by atoms with Gasteiger partial charge in [0.2, 0.25) is 0 Å². The van der Waals surface area contributed by atoms with Gasteiger partial charge in [0.05, 0.1) is 0 Å². The molecule has 0 saturated heterocycles. The molecular weight excluding hydrogens is 265 g/mol. The SMILES string of the molecule is Fc1ccc2oc(-c3cccc(CNC4CC4)c3)cc2c1. The van der Waals surface area contributed by atoms with Gasteiger partial charge in [-0.1, -0.05) is 18.2 Å². The van der Waals surface area contributed by atoms with Gasteiger partial charge in [0, 0.05) is 23.5 Å². The first kappa shape index (κ1) is 12.6. The Morgan fingerprint density at radius 3 is 2.86 bits per heavy atom. The minimum absolute atomic E-state index is 0.239. The maximum atomic E-state index is 13.2. The number of hydrogen-bond donors (Lipinski definition) is 1. The van der Waals surface area contributed by atoms with Crippen LogP contribution in [0, 0.1) is 5.82 Å². The minimum atomic E-state index is -0.239. The summed E-state index contributed by atoms with van der Waals surface area (Å²) in [7, 11) is 0. The fourth-order valence-corrected chi connectivity index (χ4v) is 2.54. The third-order valence-electron chi connectivity index (χ3n) is 3.86. The van der Waals surface area contributed by atoms with E-state index in [1.807, 2.05) is 18.2 Å². The van der Waals surface area contributed by atoms with Crippen molar-refractivity contribution < 1.29 is 8.81 Å². The molecule has 4 rings (SSSR count). The molecule has 1 aromatic heterocycles. The second-order valence-corrected chi connectivity index (χ2v) is 5.65. The van der Waals surface area contributed by atoms with Crippen LogP contribution in [0.1, 0.15) is 18.4 Å². The van der Waals surface area contributed by atoms with Gasteiger partial charge in [-0.25, -0.2) is 4.39 Å². The van der Waals surface area contributed by atoms with Crippen molar-refractivity contribution in [2.75, 3.05) is 0 Å². The monoisotopic (exact) mass is 281 g/mol. The largest absolute Gasteiger partial charge is 0.456 e. The van der Waals surface area contributed by atoms with E-state index >= 15 is 0 Å². The van der Waals surface area contributed by atoms with Crippen molar-refractivity contribution >= 4 is 11.0 Å². The van der Waals surface area contributed by atoms with Crippen LogP contribution in [0.25, 0.3) is 22.3 Å². The molecule has 3 heteroatoms.